The number of carbonyl (C=O) groups is 1. The summed E-state index contributed by atoms with van der Waals surface area (Å²) in [5.41, 5.74) is 1.67. The molecule has 0 aliphatic carbocycles. The van der Waals surface area contributed by atoms with Crippen molar-refractivity contribution in [1.82, 2.24) is 14.8 Å². The average molecular weight is 301 g/mol. The smallest absolute Gasteiger partial charge is 0.255 e. The molecule has 2 aliphatic rings. The molecule has 1 amide bonds. The molecule has 2 aliphatic heterocycles. The number of aryl methyl sites for hydroxylation is 1. The van der Waals surface area contributed by atoms with Crippen LogP contribution in [0.25, 0.3) is 0 Å². The highest BCUT2D eigenvalue weighted by Gasteiger charge is 2.36. The van der Waals surface area contributed by atoms with E-state index < -0.39 is 0 Å². The fourth-order valence-electron chi connectivity index (χ4n) is 4.09. The standard InChI is InChI=1S/C18H27N3O/c1-13-6-9-16(11-19-13)18(22)20-10-4-5-17(12-20)21-14(2)7-8-15(21)3/h6,9,11,14-15,17H,4-5,7-8,10,12H2,1-3H3/t14-,15-,17-/m0/s1. The second kappa shape index (κ2) is 6.37. The van der Waals surface area contributed by atoms with E-state index >= 15 is 0 Å². The summed E-state index contributed by atoms with van der Waals surface area (Å²) in [6.45, 7) is 8.34. The third-order valence-electron chi connectivity index (χ3n) is 5.28. The minimum Gasteiger partial charge on any atom is -0.337 e. The minimum atomic E-state index is 0.136. The van der Waals surface area contributed by atoms with Crippen molar-refractivity contribution in [2.24, 2.45) is 0 Å². The second-order valence-electron chi connectivity index (χ2n) is 6.96. The van der Waals surface area contributed by atoms with Gasteiger partial charge in [-0.3, -0.25) is 14.7 Å². The second-order valence-corrected chi connectivity index (χ2v) is 6.96. The van der Waals surface area contributed by atoms with Gasteiger partial charge in [0.1, 0.15) is 0 Å². The van der Waals surface area contributed by atoms with Crippen LogP contribution in [0, 0.1) is 6.92 Å². The number of carbonyl (C=O) groups excluding carboxylic acids is 1. The third-order valence-corrected chi connectivity index (χ3v) is 5.28. The average Bonchev–Trinajstić information content (AvgIpc) is 2.86. The minimum absolute atomic E-state index is 0.136. The van der Waals surface area contributed by atoms with Gasteiger partial charge in [-0.25, -0.2) is 0 Å². The van der Waals surface area contributed by atoms with Gasteiger partial charge in [-0.1, -0.05) is 0 Å². The van der Waals surface area contributed by atoms with Crippen LogP contribution in [0.4, 0.5) is 0 Å². The summed E-state index contributed by atoms with van der Waals surface area (Å²) in [6, 6.07) is 5.63. The normalized spacial score (nSPS) is 29.8. The topological polar surface area (TPSA) is 36.4 Å². The Bertz CT molecular complexity index is 518. The Balaban J connectivity index is 1.70. The third kappa shape index (κ3) is 3.02. The number of likely N-dealkylation sites (tertiary alicyclic amines) is 2. The van der Waals surface area contributed by atoms with Crippen molar-refractivity contribution < 1.29 is 4.79 Å². The van der Waals surface area contributed by atoms with Crippen LogP contribution in [-0.4, -0.2) is 51.9 Å². The molecule has 0 spiro atoms. The fourth-order valence-corrected chi connectivity index (χ4v) is 4.09. The number of hydrogen-bond acceptors (Lipinski definition) is 3. The van der Waals surface area contributed by atoms with Gasteiger partial charge in [0.15, 0.2) is 0 Å². The van der Waals surface area contributed by atoms with Crippen LogP contribution in [-0.2, 0) is 0 Å². The lowest BCUT2D eigenvalue weighted by Gasteiger charge is -2.41. The molecule has 0 N–H and O–H groups in total. The van der Waals surface area contributed by atoms with Gasteiger partial charge < -0.3 is 4.90 Å². The van der Waals surface area contributed by atoms with Crippen LogP contribution in [0.3, 0.4) is 0 Å². The molecule has 3 atom stereocenters. The number of piperidine rings is 1. The Labute approximate surface area is 133 Å². The van der Waals surface area contributed by atoms with Gasteiger partial charge >= 0.3 is 0 Å². The molecule has 1 aromatic heterocycles. The van der Waals surface area contributed by atoms with Gasteiger partial charge in [0.25, 0.3) is 5.91 Å². The van der Waals surface area contributed by atoms with Crippen molar-refractivity contribution in [2.75, 3.05) is 13.1 Å². The van der Waals surface area contributed by atoms with Gasteiger partial charge in [0, 0.05) is 43.1 Å². The molecule has 0 aromatic carbocycles. The van der Waals surface area contributed by atoms with E-state index in [1.165, 1.54) is 19.3 Å². The molecule has 2 saturated heterocycles. The van der Waals surface area contributed by atoms with Crippen molar-refractivity contribution in [2.45, 2.75) is 64.6 Å². The van der Waals surface area contributed by atoms with Crippen LogP contribution < -0.4 is 0 Å². The quantitative estimate of drug-likeness (QED) is 0.843. The molecule has 1 aromatic rings. The fraction of sp³-hybridized carbons (Fsp3) is 0.667. The van der Waals surface area contributed by atoms with Crippen molar-refractivity contribution in [3.63, 3.8) is 0 Å². The first-order valence-corrected chi connectivity index (χ1v) is 8.55. The van der Waals surface area contributed by atoms with Crippen LogP contribution >= 0.6 is 0 Å². The highest BCUT2D eigenvalue weighted by atomic mass is 16.2. The number of amides is 1. The van der Waals surface area contributed by atoms with E-state index in [9.17, 15) is 4.79 Å². The number of hydrogen-bond donors (Lipinski definition) is 0. The molecule has 4 heteroatoms. The van der Waals surface area contributed by atoms with Crippen molar-refractivity contribution >= 4 is 5.91 Å². The highest BCUT2D eigenvalue weighted by Crippen LogP contribution is 2.30. The summed E-state index contributed by atoms with van der Waals surface area (Å²) in [5, 5.41) is 0. The first-order valence-electron chi connectivity index (χ1n) is 8.55. The van der Waals surface area contributed by atoms with Crippen LogP contribution in [0.15, 0.2) is 18.3 Å². The number of aromatic nitrogens is 1. The Morgan fingerprint density at radius 3 is 2.55 bits per heavy atom. The van der Waals surface area contributed by atoms with E-state index in [0.717, 1.165) is 25.2 Å². The van der Waals surface area contributed by atoms with E-state index in [1.54, 1.807) is 6.20 Å². The van der Waals surface area contributed by atoms with E-state index in [1.807, 2.05) is 24.0 Å². The Kier molecular flexibility index (Phi) is 4.48. The lowest BCUT2D eigenvalue weighted by atomic mass is 10.0. The molecule has 0 unspecified atom stereocenters. The van der Waals surface area contributed by atoms with E-state index in [0.29, 0.717) is 23.7 Å². The Morgan fingerprint density at radius 2 is 1.91 bits per heavy atom. The first kappa shape index (κ1) is 15.5. The molecule has 22 heavy (non-hydrogen) atoms. The number of rotatable bonds is 2. The van der Waals surface area contributed by atoms with E-state index in [-0.39, 0.29) is 5.91 Å². The zero-order valence-corrected chi connectivity index (χ0v) is 14.0. The molecule has 0 radical (unpaired) electrons. The molecular formula is C18H27N3O. The van der Waals surface area contributed by atoms with Crippen LogP contribution in [0.1, 0.15) is 55.6 Å². The zero-order chi connectivity index (χ0) is 15.7. The van der Waals surface area contributed by atoms with E-state index in [2.05, 4.69) is 23.7 Å². The summed E-state index contributed by atoms with van der Waals surface area (Å²) >= 11 is 0. The molecule has 4 nitrogen and oxygen atoms in total. The lowest BCUT2D eigenvalue weighted by Crippen LogP contribution is -2.52. The van der Waals surface area contributed by atoms with Gasteiger partial charge in [0.2, 0.25) is 0 Å². The maximum atomic E-state index is 12.7. The Hall–Kier alpha value is -1.42. The molecule has 2 fully saturated rings. The SMILES string of the molecule is Cc1ccc(C(=O)N2CCC[C@H](N3[C@@H](C)CC[C@@H]3C)C2)cn1. The lowest BCUT2D eigenvalue weighted by molar-refractivity contribution is 0.0486. The summed E-state index contributed by atoms with van der Waals surface area (Å²) in [5.74, 6) is 0.136. The molecule has 0 saturated carbocycles. The summed E-state index contributed by atoms with van der Waals surface area (Å²) in [7, 11) is 0. The molecule has 3 rings (SSSR count). The van der Waals surface area contributed by atoms with Crippen LogP contribution in [0.2, 0.25) is 0 Å². The predicted octanol–water partition coefficient (Wildman–Crippen LogP) is 2.87. The maximum Gasteiger partial charge on any atom is 0.255 e. The summed E-state index contributed by atoms with van der Waals surface area (Å²) < 4.78 is 0. The molecule has 120 valence electrons. The van der Waals surface area contributed by atoms with Crippen molar-refractivity contribution in [1.29, 1.82) is 0 Å². The molecular weight excluding hydrogens is 274 g/mol. The number of nitrogens with zero attached hydrogens (tertiary/aromatic N) is 3. The monoisotopic (exact) mass is 301 g/mol. The molecule has 0 bridgehead atoms. The summed E-state index contributed by atoms with van der Waals surface area (Å²) in [6.07, 6.45) is 6.60. The summed E-state index contributed by atoms with van der Waals surface area (Å²) in [4.78, 5) is 21.6. The largest absolute Gasteiger partial charge is 0.337 e. The first-order chi connectivity index (χ1) is 10.6. The van der Waals surface area contributed by atoms with E-state index in [4.69, 9.17) is 0 Å². The van der Waals surface area contributed by atoms with Crippen LogP contribution in [0.5, 0.6) is 0 Å². The zero-order valence-electron chi connectivity index (χ0n) is 14.0. The maximum absolute atomic E-state index is 12.7. The van der Waals surface area contributed by atoms with Gasteiger partial charge in [-0.05, 0) is 58.6 Å². The molecule has 3 heterocycles. The highest BCUT2D eigenvalue weighted by molar-refractivity contribution is 5.94. The Morgan fingerprint density at radius 1 is 1.18 bits per heavy atom. The van der Waals surface area contributed by atoms with Gasteiger partial charge in [-0.2, -0.15) is 0 Å². The van der Waals surface area contributed by atoms with Crippen molar-refractivity contribution in [3.8, 4) is 0 Å². The van der Waals surface area contributed by atoms with Gasteiger partial charge in [-0.15, -0.1) is 0 Å². The van der Waals surface area contributed by atoms with Crippen molar-refractivity contribution in [3.05, 3.63) is 29.6 Å². The predicted molar refractivity (Wildman–Crippen MR) is 87.9 cm³/mol. The van der Waals surface area contributed by atoms with Gasteiger partial charge in [0.05, 0.1) is 5.56 Å². The number of pyridine rings is 1.